The van der Waals surface area contributed by atoms with Gasteiger partial charge in [-0.3, -0.25) is 5.32 Å². The molecule has 0 spiro atoms. The number of hydroxylamine groups is 1. The van der Waals surface area contributed by atoms with Gasteiger partial charge in [-0.25, -0.2) is 14.4 Å². The third-order valence-electron chi connectivity index (χ3n) is 1.02. The summed E-state index contributed by atoms with van der Waals surface area (Å²) in [6.07, 6.45) is -0.849. The summed E-state index contributed by atoms with van der Waals surface area (Å²) in [6.45, 7) is 4.92. The number of hydrogen-bond acceptors (Lipinski definition) is 5. The maximum Gasteiger partial charge on any atom is 0.411 e. The van der Waals surface area contributed by atoms with Crippen molar-refractivity contribution in [2.45, 2.75) is 6.92 Å². The minimum atomic E-state index is -1.05. The van der Waals surface area contributed by atoms with Crippen molar-refractivity contribution in [3.05, 3.63) is 12.3 Å². The van der Waals surface area contributed by atoms with E-state index in [1.165, 1.54) is 0 Å². The SMILES string of the molecule is C=C(NC(=O)OCC)C(=O)ONC(N)=O. The summed E-state index contributed by atoms with van der Waals surface area (Å²) in [4.78, 5) is 36.0. The molecule has 4 N–H and O–H groups in total. The van der Waals surface area contributed by atoms with Gasteiger partial charge in [0.1, 0.15) is 5.70 Å². The van der Waals surface area contributed by atoms with Crippen LogP contribution in [0.2, 0.25) is 0 Å². The van der Waals surface area contributed by atoms with Crippen molar-refractivity contribution < 1.29 is 24.0 Å². The number of carbonyl (C=O) groups excluding carboxylic acids is 3. The molecular formula is C7H11N3O5. The lowest BCUT2D eigenvalue weighted by Gasteiger charge is -2.07. The first-order chi connectivity index (χ1) is 6.97. The van der Waals surface area contributed by atoms with Crippen LogP contribution in [0, 0.1) is 0 Å². The van der Waals surface area contributed by atoms with E-state index in [0.29, 0.717) is 0 Å². The van der Waals surface area contributed by atoms with Crippen LogP contribution in [0.4, 0.5) is 9.59 Å². The van der Waals surface area contributed by atoms with Crippen molar-refractivity contribution in [2.24, 2.45) is 5.73 Å². The molecule has 8 nitrogen and oxygen atoms in total. The summed E-state index contributed by atoms with van der Waals surface area (Å²) in [5.41, 5.74) is 5.80. The molecule has 0 saturated heterocycles. The predicted octanol–water partition coefficient (Wildman–Crippen LogP) is -0.627. The van der Waals surface area contributed by atoms with Crippen LogP contribution in [-0.4, -0.2) is 24.7 Å². The molecule has 3 amide bonds. The largest absolute Gasteiger partial charge is 0.450 e. The van der Waals surface area contributed by atoms with Crippen molar-refractivity contribution >= 4 is 18.1 Å². The Bertz CT molecular complexity index is 288. The van der Waals surface area contributed by atoms with Crippen LogP contribution >= 0.6 is 0 Å². The molecule has 0 aliphatic heterocycles. The second-order valence-electron chi connectivity index (χ2n) is 2.18. The molecule has 0 bridgehead atoms. The highest BCUT2D eigenvalue weighted by molar-refractivity contribution is 5.92. The molecule has 0 heterocycles. The minimum absolute atomic E-state index is 0.147. The van der Waals surface area contributed by atoms with Gasteiger partial charge >= 0.3 is 18.1 Å². The fraction of sp³-hybridized carbons (Fsp3) is 0.286. The van der Waals surface area contributed by atoms with Crippen LogP contribution in [0.25, 0.3) is 0 Å². The van der Waals surface area contributed by atoms with Gasteiger partial charge in [0.15, 0.2) is 0 Å². The summed E-state index contributed by atoms with van der Waals surface area (Å²) < 4.78 is 4.46. The number of rotatable bonds is 3. The molecule has 0 fully saturated rings. The van der Waals surface area contributed by atoms with Gasteiger partial charge in [-0.15, -0.1) is 0 Å². The number of nitrogens with two attached hydrogens (primary N) is 1. The molecule has 0 atom stereocenters. The smallest absolute Gasteiger partial charge is 0.411 e. The molecule has 0 aromatic rings. The van der Waals surface area contributed by atoms with Crippen LogP contribution in [-0.2, 0) is 14.4 Å². The van der Waals surface area contributed by atoms with E-state index in [9.17, 15) is 14.4 Å². The quantitative estimate of drug-likeness (QED) is 0.429. The lowest BCUT2D eigenvalue weighted by Crippen LogP contribution is -2.35. The first-order valence-electron chi connectivity index (χ1n) is 3.86. The standard InChI is InChI=1S/C7H11N3O5/c1-3-14-7(13)9-4(2)5(11)15-10-6(8)12/h2-3H2,1H3,(H,9,13)(H3,8,10,12). The van der Waals surface area contributed by atoms with E-state index in [2.05, 4.69) is 21.9 Å². The van der Waals surface area contributed by atoms with Gasteiger partial charge in [0.05, 0.1) is 6.61 Å². The van der Waals surface area contributed by atoms with E-state index in [-0.39, 0.29) is 12.3 Å². The predicted molar refractivity (Wildman–Crippen MR) is 48.1 cm³/mol. The van der Waals surface area contributed by atoms with E-state index >= 15 is 0 Å². The summed E-state index contributed by atoms with van der Waals surface area (Å²) in [5, 5.41) is 1.98. The molecule has 0 aliphatic carbocycles. The number of carbonyl (C=O) groups is 3. The lowest BCUT2D eigenvalue weighted by molar-refractivity contribution is -0.144. The Labute approximate surface area is 85.3 Å². The Kier molecular flexibility index (Phi) is 5.31. The van der Waals surface area contributed by atoms with Gasteiger partial charge in [-0.05, 0) is 6.92 Å². The van der Waals surface area contributed by atoms with Crippen LogP contribution in [0.5, 0.6) is 0 Å². The van der Waals surface area contributed by atoms with Crippen molar-refractivity contribution in [3.63, 3.8) is 0 Å². The number of nitrogens with one attached hydrogen (secondary N) is 2. The van der Waals surface area contributed by atoms with Gasteiger partial charge in [-0.2, -0.15) is 5.48 Å². The van der Waals surface area contributed by atoms with E-state index in [0.717, 1.165) is 0 Å². The van der Waals surface area contributed by atoms with Crippen LogP contribution in [0.15, 0.2) is 12.3 Å². The first-order valence-corrected chi connectivity index (χ1v) is 3.86. The monoisotopic (exact) mass is 217 g/mol. The van der Waals surface area contributed by atoms with Gasteiger partial charge in [0, 0.05) is 0 Å². The molecule has 0 radical (unpaired) electrons. The Morgan fingerprint density at radius 3 is 2.47 bits per heavy atom. The second-order valence-corrected chi connectivity index (χ2v) is 2.18. The fourth-order valence-electron chi connectivity index (χ4n) is 0.500. The Morgan fingerprint density at radius 2 is 2.00 bits per heavy atom. The summed E-state index contributed by atoms with van der Waals surface area (Å²) in [7, 11) is 0. The Morgan fingerprint density at radius 1 is 1.40 bits per heavy atom. The number of alkyl carbamates (subject to hydrolysis) is 1. The van der Waals surface area contributed by atoms with Crippen LogP contribution in [0.3, 0.4) is 0 Å². The molecule has 0 aliphatic rings. The molecule has 15 heavy (non-hydrogen) atoms. The van der Waals surface area contributed by atoms with E-state index in [4.69, 9.17) is 0 Å². The topological polar surface area (TPSA) is 120 Å². The lowest BCUT2D eigenvalue weighted by atomic mass is 10.5. The van der Waals surface area contributed by atoms with Gasteiger partial charge in [0.2, 0.25) is 0 Å². The maximum absolute atomic E-state index is 10.9. The van der Waals surface area contributed by atoms with Crippen molar-refractivity contribution in [1.82, 2.24) is 10.8 Å². The molecule has 84 valence electrons. The summed E-state index contributed by atoms with van der Waals surface area (Å²) in [6, 6.07) is -1.05. The number of urea groups is 1. The van der Waals surface area contributed by atoms with Gasteiger partial charge in [-0.1, -0.05) is 6.58 Å². The third kappa shape index (κ3) is 5.91. The van der Waals surface area contributed by atoms with E-state index in [1.807, 2.05) is 5.32 Å². The number of ether oxygens (including phenoxy) is 1. The zero-order valence-corrected chi connectivity index (χ0v) is 8.03. The molecule has 0 unspecified atom stereocenters. The maximum atomic E-state index is 10.9. The average molecular weight is 217 g/mol. The zero-order chi connectivity index (χ0) is 11.8. The van der Waals surface area contributed by atoms with Crippen molar-refractivity contribution in [3.8, 4) is 0 Å². The number of primary amides is 1. The molecule has 0 saturated carbocycles. The van der Waals surface area contributed by atoms with Crippen LogP contribution in [0.1, 0.15) is 6.92 Å². The molecule has 0 aromatic carbocycles. The normalized spacial score (nSPS) is 8.60. The van der Waals surface area contributed by atoms with Crippen LogP contribution < -0.4 is 16.5 Å². The highest BCUT2D eigenvalue weighted by Crippen LogP contribution is 1.89. The van der Waals surface area contributed by atoms with Gasteiger partial charge in [0.25, 0.3) is 0 Å². The molecule has 0 rings (SSSR count). The fourth-order valence-corrected chi connectivity index (χ4v) is 0.500. The summed E-state index contributed by atoms with van der Waals surface area (Å²) in [5.74, 6) is -1.05. The van der Waals surface area contributed by atoms with Crippen molar-refractivity contribution in [2.75, 3.05) is 6.61 Å². The summed E-state index contributed by atoms with van der Waals surface area (Å²) >= 11 is 0. The van der Waals surface area contributed by atoms with Crippen molar-refractivity contribution in [1.29, 1.82) is 0 Å². The first kappa shape index (κ1) is 12.8. The average Bonchev–Trinajstić information content (AvgIpc) is 2.14. The number of hydrogen-bond donors (Lipinski definition) is 3. The van der Waals surface area contributed by atoms with E-state index in [1.54, 1.807) is 12.4 Å². The minimum Gasteiger partial charge on any atom is -0.450 e. The molecule has 8 heteroatoms. The Hall–Kier alpha value is -2.25. The third-order valence-corrected chi connectivity index (χ3v) is 1.02. The van der Waals surface area contributed by atoms with Gasteiger partial charge < -0.3 is 15.3 Å². The van der Waals surface area contributed by atoms with E-state index < -0.39 is 18.1 Å². The highest BCUT2D eigenvalue weighted by atomic mass is 16.7. The Balaban J connectivity index is 3.94. The molecule has 0 aromatic heterocycles. The number of amides is 3. The zero-order valence-electron chi connectivity index (χ0n) is 8.03. The second kappa shape index (κ2) is 6.24. The molecular weight excluding hydrogens is 206 g/mol. The highest BCUT2D eigenvalue weighted by Gasteiger charge is 2.13.